The monoisotopic (exact) mass is 410 g/mol. The molecule has 2 aromatic carbocycles. The van der Waals surface area contributed by atoms with Crippen molar-refractivity contribution in [3.63, 3.8) is 0 Å². The van der Waals surface area contributed by atoms with Crippen molar-refractivity contribution >= 4 is 23.2 Å². The summed E-state index contributed by atoms with van der Waals surface area (Å²) in [6.45, 7) is 5.29. The Morgan fingerprint density at radius 3 is 2.59 bits per heavy atom. The number of morpholine rings is 1. The van der Waals surface area contributed by atoms with E-state index in [2.05, 4.69) is 28.4 Å². The first kappa shape index (κ1) is 20.0. The van der Waals surface area contributed by atoms with Gasteiger partial charge in [0, 0.05) is 29.4 Å². The van der Waals surface area contributed by atoms with Crippen LogP contribution in [0.25, 0.3) is 0 Å². The summed E-state index contributed by atoms with van der Waals surface area (Å²) in [5.74, 6) is -0.0171. The van der Waals surface area contributed by atoms with Crippen LogP contribution in [0.15, 0.2) is 54.6 Å². The minimum absolute atomic E-state index is 0.0171. The Morgan fingerprint density at radius 2 is 1.93 bits per heavy atom. The van der Waals surface area contributed by atoms with Crippen molar-refractivity contribution in [1.82, 2.24) is 5.32 Å². The molecule has 5 heteroatoms. The maximum atomic E-state index is 13.2. The molecule has 1 unspecified atom stereocenters. The number of hydrogen-bond donors (Lipinski definition) is 1. The van der Waals surface area contributed by atoms with Crippen LogP contribution < -0.4 is 10.2 Å². The van der Waals surface area contributed by atoms with Gasteiger partial charge in [-0.2, -0.15) is 0 Å². The molecule has 1 aliphatic carbocycles. The van der Waals surface area contributed by atoms with Crippen molar-refractivity contribution in [3.05, 3.63) is 76.3 Å². The van der Waals surface area contributed by atoms with Crippen LogP contribution in [-0.2, 0) is 11.2 Å². The van der Waals surface area contributed by atoms with Crippen molar-refractivity contribution in [2.45, 2.75) is 31.7 Å². The zero-order chi connectivity index (χ0) is 20.3. The molecular weight excluding hydrogens is 384 g/mol. The highest BCUT2D eigenvalue weighted by atomic mass is 35.5. The molecular formula is C24H27ClN2O2. The highest BCUT2D eigenvalue weighted by Crippen LogP contribution is 2.29. The molecule has 0 saturated carbocycles. The number of halogens is 1. The molecule has 1 fully saturated rings. The number of nitrogens with one attached hydrogen (secondary N) is 1. The van der Waals surface area contributed by atoms with E-state index in [0.29, 0.717) is 0 Å². The van der Waals surface area contributed by atoms with Gasteiger partial charge < -0.3 is 15.0 Å². The topological polar surface area (TPSA) is 41.6 Å². The molecule has 4 rings (SSSR count). The van der Waals surface area contributed by atoms with Crippen molar-refractivity contribution in [1.29, 1.82) is 0 Å². The first-order valence-electron chi connectivity index (χ1n) is 10.2. The SMILES string of the molecule is Cc1cc(N2CCOCC2)ccc1C(=O)NC1(Cc2ccc(Cl)cc2)C=CCC1. The molecule has 1 N–H and O–H groups in total. The first-order chi connectivity index (χ1) is 14.0. The number of nitrogens with zero attached hydrogens (tertiary/aromatic N) is 1. The van der Waals surface area contributed by atoms with Gasteiger partial charge in [-0.1, -0.05) is 35.9 Å². The van der Waals surface area contributed by atoms with Crippen LogP contribution in [0.3, 0.4) is 0 Å². The molecule has 1 saturated heterocycles. The molecule has 1 atom stereocenters. The van der Waals surface area contributed by atoms with Crippen LogP contribution in [0.1, 0.15) is 34.3 Å². The lowest BCUT2D eigenvalue weighted by Crippen LogP contribution is -2.47. The molecule has 0 radical (unpaired) electrons. The predicted molar refractivity (Wildman–Crippen MR) is 118 cm³/mol. The number of allylic oxidation sites excluding steroid dienone is 1. The van der Waals surface area contributed by atoms with Crippen LogP contribution >= 0.6 is 11.6 Å². The van der Waals surface area contributed by atoms with E-state index in [-0.39, 0.29) is 11.4 Å². The van der Waals surface area contributed by atoms with Gasteiger partial charge in [0.05, 0.1) is 18.8 Å². The lowest BCUT2D eigenvalue weighted by atomic mass is 9.89. The van der Waals surface area contributed by atoms with Crippen LogP contribution in [0.4, 0.5) is 5.69 Å². The van der Waals surface area contributed by atoms with Gasteiger partial charge in [-0.05, 0) is 67.6 Å². The summed E-state index contributed by atoms with van der Waals surface area (Å²) in [6, 6.07) is 14.0. The highest BCUT2D eigenvalue weighted by Gasteiger charge is 2.32. The fraction of sp³-hybridized carbons (Fsp3) is 0.375. The zero-order valence-corrected chi connectivity index (χ0v) is 17.5. The van der Waals surface area contributed by atoms with Crippen molar-refractivity contribution in [2.24, 2.45) is 0 Å². The van der Waals surface area contributed by atoms with Crippen LogP contribution in [0.5, 0.6) is 0 Å². The third kappa shape index (κ3) is 4.65. The maximum Gasteiger partial charge on any atom is 0.252 e. The molecule has 29 heavy (non-hydrogen) atoms. The van der Waals surface area contributed by atoms with E-state index in [1.807, 2.05) is 43.3 Å². The predicted octanol–water partition coefficient (Wildman–Crippen LogP) is 4.55. The number of rotatable bonds is 5. The second-order valence-electron chi connectivity index (χ2n) is 7.95. The van der Waals surface area contributed by atoms with E-state index in [0.717, 1.165) is 67.4 Å². The number of anilines is 1. The third-order valence-corrected chi connectivity index (χ3v) is 6.07. The molecule has 1 amide bonds. The molecule has 0 bridgehead atoms. The Hall–Kier alpha value is -2.30. The number of ether oxygens (including phenoxy) is 1. The molecule has 1 aliphatic heterocycles. The quantitative estimate of drug-likeness (QED) is 0.735. The van der Waals surface area contributed by atoms with Gasteiger partial charge in [0.15, 0.2) is 0 Å². The second-order valence-corrected chi connectivity index (χ2v) is 8.39. The minimum atomic E-state index is -0.347. The Morgan fingerprint density at radius 1 is 1.17 bits per heavy atom. The van der Waals surface area contributed by atoms with E-state index < -0.39 is 0 Å². The van der Waals surface area contributed by atoms with Crippen molar-refractivity contribution in [3.8, 4) is 0 Å². The van der Waals surface area contributed by atoms with Crippen molar-refractivity contribution < 1.29 is 9.53 Å². The largest absolute Gasteiger partial charge is 0.378 e. The van der Waals surface area contributed by atoms with Crippen LogP contribution in [0.2, 0.25) is 5.02 Å². The fourth-order valence-corrected chi connectivity index (χ4v) is 4.34. The van der Waals surface area contributed by atoms with E-state index in [1.54, 1.807) is 0 Å². The average Bonchev–Trinajstić information content (AvgIpc) is 3.18. The number of benzene rings is 2. The van der Waals surface area contributed by atoms with Crippen LogP contribution in [0, 0.1) is 6.92 Å². The molecule has 152 valence electrons. The Kier molecular flexibility index (Phi) is 5.93. The summed E-state index contributed by atoms with van der Waals surface area (Å²) in [5.41, 5.74) is 3.70. The lowest BCUT2D eigenvalue weighted by Gasteiger charge is -2.31. The standard InChI is InChI=1S/C24H27ClN2O2/c1-18-16-21(27-12-14-29-15-13-27)8-9-22(18)23(28)26-24(10-2-3-11-24)17-19-4-6-20(25)7-5-19/h2,4-10,16H,3,11-15,17H2,1H3,(H,26,28). The van der Waals surface area contributed by atoms with Gasteiger partial charge in [-0.3, -0.25) is 4.79 Å². The van der Waals surface area contributed by atoms with Gasteiger partial charge in [-0.25, -0.2) is 0 Å². The van der Waals surface area contributed by atoms with Gasteiger partial charge in [0.1, 0.15) is 0 Å². The number of carbonyl (C=O) groups excluding carboxylic acids is 1. The van der Waals surface area contributed by atoms with E-state index >= 15 is 0 Å². The average molecular weight is 411 g/mol. The Balaban J connectivity index is 1.50. The van der Waals surface area contributed by atoms with Gasteiger partial charge in [0.25, 0.3) is 5.91 Å². The fourth-order valence-electron chi connectivity index (χ4n) is 4.21. The van der Waals surface area contributed by atoms with Gasteiger partial charge >= 0.3 is 0 Å². The molecule has 2 aromatic rings. The number of amides is 1. The molecule has 1 heterocycles. The second kappa shape index (κ2) is 8.60. The Labute approximate surface area is 177 Å². The number of aryl methyl sites for hydroxylation is 1. The highest BCUT2D eigenvalue weighted by molar-refractivity contribution is 6.30. The summed E-state index contributed by atoms with van der Waals surface area (Å²) in [5, 5.41) is 4.05. The van der Waals surface area contributed by atoms with E-state index in [4.69, 9.17) is 16.3 Å². The third-order valence-electron chi connectivity index (χ3n) is 5.82. The van der Waals surface area contributed by atoms with E-state index in [1.165, 1.54) is 5.56 Å². The minimum Gasteiger partial charge on any atom is -0.378 e. The molecule has 4 nitrogen and oxygen atoms in total. The lowest BCUT2D eigenvalue weighted by molar-refractivity contribution is 0.0915. The zero-order valence-electron chi connectivity index (χ0n) is 16.8. The summed E-state index contributed by atoms with van der Waals surface area (Å²) >= 11 is 6.02. The maximum absolute atomic E-state index is 13.2. The molecule has 0 spiro atoms. The van der Waals surface area contributed by atoms with Gasteiger partial charge in [0.2, 0.25) is 0 Å². The summed E-state index contributed by atoms with van der Waals surface area (Å²) in [6.07, 6.45) is 6.95. The number of carbonyl (C=O) groups is 1. The van der Waals surface area contributed by atoms with Crippen LogP contribution in [-0.4, -0.2) is 37.7 Å². The smallest absolute Gasteiger partial charge is 0.252 e. The Bertz CT molecular complexity index is 904. The van der Waals surface area contributed by atoms with Crippen molar-refractivity contribution in [2.75, 3.05) is 31.2 Å². The van der Waals surface area contributed by atoms with Gasteiger partial charge in [-0.15, -0.1) is 0 Å². The van der Waals surface area contributed by atoms with E-state index in [9.17, 15) is 4.79 Å². The summed E-state index contributed by atoms with van der Waals surface area (Å²) < 4.78 is 5.43. The molecule has 0 aromatic heterocycles. The summed E-state index contributed by atoms with van der Waals surface area (Å²) in [4.78, 5) is 15.5. The normalized spacial score (nSPS) is 21.4. The summed E-state index contributed by atoms with van der Waals surface area (Å²) in [7, 11) is 0. The molecule has 2 aliphatic rings. The first-order valence-corrected chi connectivity index (χ1v) is 10.6. The number of hydrogen-bond acceptors (Lipinski definition) is 3.